The highest BCUT2D eigenvalue weighted by Crippen LogP contribution is 2.34. The van der Waals surface area contributed by atoms with Crippen molar-refractivity contribution in [2.24, 2.45) is 5.92 Å². The lowest BCUT2D eigenvalue weighted by Crippen LogP contribution is -2.11. The lowest BCUT2D eigenvalue weighted by atomic mass is 9.79. The summed E-state index contributed by atoms with van der Waals surface area (Å²) in [5.74, 6) is 0.931. The maximum Gasteiger partial charge on any atom is 0.0751 e. The van der Waals surface area contributed by atoms with Crippen molar-refractivity contribution in [3.63, 3.8) is 0 Å². The average Bonchev–Trinajstić information content (AvgIpc) is 2.50. The lowest BCUT2D eigenvalue weighted by Gasteiger charge is -2.25. The van der Waals surface area contributed by atoms with Crippen molar-refractivity contribution < 1.29 is 5.11 Å². The third-order valence-electron chi connectivity index (χ3n) is 3.78. The predicted molar refractivity (Wildman–Crippen MR) is 84.9 cm³/mol. The number of benzene rings is 2. The summed E-state index contributed by atoms with van der Waals surface area (Å²) in [6.07, 6.45) is 4.94. The zero-order valence-corrected chi connectivity index (χ0v) is 11.9. The molecule has 20 heavy (non-hydrogen) atoms. The van der Waals surface area contributed by atoms with Gasteiger partial charge >= 0.3 is 0 Å². The maximum atomic E-state index is 8.77. The van der Waals surface area contributed by atoms with E-state index in [9.17, 15) is 0 Å². The fourth-order valence-corrected chi connectivity index (χ4v) is 2.77. The zero-order valence-electron chi connectivity index (χ0n) is 11.9. The second kappa shape index (κ2) is 7.54. The van der Waals surface area contributed by atoms with Crippen molar-refractivity contribution in [2.75, 3.05) is 0 Å². The van der Waals surface area contributed by atoms with Gasteiger partial charge in [-0.05, 0) is 29.9 Å². The van der Waals surface area contributed by atoms with E-state index in [2.05, 4.69) is 67.6 Å². The Bertz CT molecular complexity index is 476. The van der Waals surface area contributed by atoms with E-state index in [0.29, 0.717) is 11.8 Å². The van der Waals surface area contributed by atoms with Crippen molar-refractivity contribution in [1.82, 2.24) is 0 Å². The summed E-state index contributed by atoms with van der Waals surface area (Å²) in [6, 6.07) is 21.3. The number of hydrogen-bond donors (Lipinski definition) is 1. The molecule has 104 valence electrons. The highest BCUT2D eigenvalue weighted by atomic mass is 16.2. The van der Waals surface area contributed by atoms with Gasteiger partial charge in [0.1, 0.15) is 0 Å². The van der Waals surface area contributed by atoms with E-state index in [1.165, 1.54) is 11.1 Å². The van der Waals surface area contributed by atoms with Crippen LogP contribution in [0.15, 0.2) is 73.0 Å². The summed E-state index contributed by atoms with van der Waals surface area (Å²) < 4.78 is 0. The van der Waals surface area contributed by atoms with Crippen LogP contribution in [0.4, 0.5) is 0 Å². The van der Waals surface area contributed by atoms with Gasteiger partial charge in [-0.25, -0.2) is 0 Å². The number of rotatable bonds is 6. The molecule has 2 aromatic rings. The molecule has 0 fully saturated rings. The Balaban J connectivity index is 2.25. The predicted octanol–water partition coefficient (Wildman–Crippen LogP) is 5.31. The van der Waals surface area contributed by atoms with Crippen LogP contribution < -0.4 is 0 Å². The van der Waals surface area contributed by atoms with Crippen LogP contribution >= 0.6 is 0 Å². The summed E-state index contributed by atoms with van der Waals surface area (Å²) in [7, 11) is 0. The molecule has 0 saturated heterocycles. The summed E-state index contributed by atoms with van der Waals surface area (Å²) in [6.45, 7) is 2.29. The molecule has 1 nitrogen and oxygen atoms in total. The Labute approximate surface area is 121 Å². The molecule has 1 heteroatoms. The van der Waals surface area contributed by atoms with E-state index in [4.69, 9.17) is 5.11 Å². The van der Waals surface area contributed by atoms with Crippen LogP contribution in [0, 0.1) is 5.92 Å². The monoisotopic (exact) mass is 266 g/mol. The van der Waals surface area contributed by atoms with E-state index in [1.54, 1.807) is 0 Å². The number of aliphatic hydroxyl groups is 1. The average molecular weight is 266 g/mol. The van der Waals surface area contributed by atoms with Crippen LogP contribution in [0.25, 0.3) is 0 Å². The number of hydrogen-bond acceptors (Lipinski definition) is 1. The third-order valence-corrected chi connectivity index (χ3v) is 3.78. The van der Waals surface area contributed by atoms with Crippen LogP contribution in [-0.2, 0) is 0 Å². The summed E-state index contributed by atoms with van der Waals surface area (Å²) in [4.78, 5) is 0. The molecule has 2 aromatic carbocycles. The molecule has 0 aliphatic carbocycles. The normalized spacial score (nSPS) is 12.9. The molecule has 0 saturated carbocycles. The highest BCUT2D eigenvalue weighted by Gasteiger charge is 2.20. The molecule has 0 amide bonds. The highest BCUT2D eigenvalue weighted by molar-refractivity contribution is 5.33. The topological polar surface area (TPSA) is 20.2 Å². The molecule has 2 rings (SSSR count). The molecular weight excluding hydrogens is 244 g/mol. The van der Waals surface area contributed by atoms with Gasteiger partial charge in [-0.3, -0.25) is 0 Å². The summed E-state index contributed by atoms with van der Waals surface area (Å²) in [5, 5.41) is 8.77. The standard InChI is InChI=1S/C19H22O/c1-16(10-8-9-15-20)19(17-11-4-2-5-12-17)18-13-6-3-7-14-18/h2-7,9,11-16,19-20H,8,10H2,1H3/b15-9-. The Hall–Kier alpha value is -2.02. The molecule has 1 N–H and O–H groups in total. The second-order valence-corrected chi connectivity index (χ2v) is 5.24. The molecule has 0 bridgehead atoms. The van der Waals surface area contributed by atoms with Crippen molar-refractivity contribution in [1.29, 1.82) is 0 Å². The number of aliphatic hydroxyl groups excluding tert-OH is 1. The molecule has 0 spiro atoms. The zero-order chi connectivity index (χ0) is 14.2. The fraction of sp³-hybridized carbons (Fsp3) is 0.263. The van der Waals surface area contributed by atoms with Gasteiger partial charge in [0.2, 0.25) is 0 Å². The van der Waals surface area contributed by atoms with Crippen molar-refractivity contribution in [2.45, 2.75) is 25.7 Å². The Morgan fingerprint density at radius 3 is 1.85 bits per heavy atom. The smallest absolute Gasteiger partial charge is 0.0751 e. The molecule has 0 aromatic heterocycles. The van der Waals surface area contributed by atoms with E-state index in [1.807, 2.05) is 6.08 Å². The summed E-state index contributed by atoms with van der Waals surface area (Å²) in [5.41, 5.74) is 2.72. The van der Waals surface area contributed by atoms with Gasteiger partial charge in [0.25, 0.3) is 0 Å². The number of allylic oxidation sites excluding steroid dienone is 1. The van der Waals surface area contributed by atoms with Crippen LogP contribution in [-0.4, -0.2) is 5.11 Å². The van der Waals surface area contributed by atoms with Crippen molar-refractivity contribution in [3.8, 4) is 0 Å². The van der Waals surface area contributed by atoms with Gasteiger partial charge < -0.3 is 5.11 Å². The van der Waals surface area contributed by atoms with Crippen LogP contribution in [0.5, 0.6) is 0 Å². The van der Waals surface area contributed by atoms with Gasteiger partial charge in [-0.1, -0.05) is 73.7 Å². The van der Waals surface area contributed by atoms with Gasteiger partial charge in [-0.2, -0.15) is 0 Å². The molecule has 1 atom stereocenters. The van der Waals surface area contributed by atoms with Crippen LogP contribution in [0.3, 0.4) is 0 Å². The molecule has 0 heterocycles. The SMILES string of the molecule is CC(CC/C=C\O)C(c1ccccc1)c1ccccc1. The largest absolute Gasteiger partial charge is 0.516 e. The van der Waals surface area contributed by atoms with E-state index >= 15 is 0 Å². The van der Waals surface area contributed by atoms with Gasteiger partial charge in [-0.15, -0.1) is 0 Å². The molecule has 1 unspecified atom stereocenters. The molecule has 0 aliphatic heterocycles. The molecular formula is C19H22O. The molecule has 0 aliphatic rings. The van der Waals surface area contributed by atoms with Crippen molar-refractivity contribution in [3.05, 3.63) is 84.1 Å². The maximum absolute atomic E-state index is 8.77. The summed E-state index contributed by atoms with van der Waals surface area (Å²) >= 11 is 0. The Morgan fingerprint density at radius 1 is 0.900 bits per heavy atom. The minimum Gasteiger partial charge on any atom is -0.516 e. The Morgan fingerprint density at radius 2 is 1.40 bits per heavy atom. The van der Waals surface area contributed by atoms with Gasteiger partial charge in [0, 0.05) is 5.92 Å². The first-order valence-corrected chi connectivity index (χ1v) is 7.22. The first-order valence-electron chi connectivity index (χ1n) is 7.22. The van der Waals surface area contributed by atoms with Crippen molar-refractivity contribution >= 4 is 0 Å². The first kappa shape index (κ1) is 14.4. The van der Waals surface area contributed by atoms with E-state index < -0.39 is 0 Å². The van der Waals surface area contributed by atoms with Gasteiger partial charge in [0.05, 0.1) is 6.26 Å². The fourth-order valence-electron chi connectivity index (χ4n) is 2.77. The quantitative estimate of drug-likeness (QED) is 0.703. The molecule has 0 radical (unpaired) electrons. The Kier molecular flexibility index (Phi) is 5.43. The van der Waals surface area contributed by atoms with E-state index in [-0.39, 0.29) is 0 Å². The third kappa shape index (κ3) is 3.74. The lowest BCUT2D eigenvalue weighted by molar-refractivity contribution is 0.456. The minimum absolute atomic E-state index is 0.407. The van der Waals surface area contributed by atoms with Crippen LogP contribution in [0.2, 0.25) is 0 Å². The first-order chi connectivity index (χ1) is 9.83. The van der Waals surface area contributed by atoms with Crippen LogP contribution in [0.1, 0.15) is 36.8 Å². The minimum atomic E-state index is 0.407. The van der Waals surface area contributed by atoms with Gasteiger partial charge in [0.15, 0.2) is 0 Å². The second-order valence-electron chi connectivity index (χ2n) is 5.24. The van der Waals surface area contributed by atoms with E-state index in [0.717, 1.165) is 19.1 Å².